The molecule has 7 heteroatoms. The fourth-order valence-electron chi connectivity index (χ4n) is 1.61. The Kier molecular flexibility index (Phi) is 2.89. The zero-order valence-corrected chi connectivity index (χ0v) is 9.71. The highest BCUT2D eigenvalue weighted by molar-refractivity contribution is 6.00. The lowest BCUT2D eigenvalue weighted by atomic mass is 10.1. The first-order valence-electron chi connectivity index (χ1n) is 5.44. The first-order chi connectivity index (χ1) is 9.02. The van der Waals surface area contributed by atoms with Crippen molar-refractivity contribution in [2.75, 3.05) is 5.32 Å². The van der Waals surface area contributed by atoms with E-state index in [0.717, 1.165) is 6.07 Å². The van der Waals surface area contributed by atoms with E-state index in [9.17, 15) is 14.9 Å². The molecule has 1 N–H and O–H groups in total. The number of anilines is 1. The molecule has 0 bridgehead atoms. The van der Waals surface area contributed by atoms with Crippen molar-refractivity contribution in [1.82, 2.24) is 0 Å². The molecule has 1 aliphatic rings. The minimum atomic E-state index is -1.05. The molecule has 1 aromatic carbocycles. The van der Waals surface area contributed by atoms with Gasteiger partial charge in [-0.05, 0) is 25.0 Å². The average Bonchev–Trinajstić information content (AvgIpc) is 3.20. The normalized spacial score (nSPS) is 14.8. The van der Waals surface area contributed by atoms with E-state index in [-0.39, 0.29) is 16.9 Å². The quantitative estimate of drug-likeness (QED) is 0.651. The first-order valence-corrected chi connectivity index (χ1v) is 5.44. The van der Waals surface area contributed by atoms with Crippen molar-refractivity contribution in [3.63, 3.8) is 0 Å². The molecule has 0 spiro atoms. The highest BCUT2D eigenvalue weighted by Gasteiger charge is 2.51. The van der Waals surface area contributed by atoms with Gasteiger partial charge in [0.15, 0.2) is 0 Å². The van der Waals surface area contributed by atoms with Gasteiger partial charge in [-0.2, -0.15) is 10.5 Å². The van der Waals surface area contributed by atoms with E-state index in [1.54, 1.807) is 6.07 Å². The van der Waals surface area contributed by atoms with Crippen molar-refractivity contribution in [2.45, 2.75) is 12.8 Å². The summed E-state index contributed by atoms with van der Waals surface area (Å²) >= 11 is 0. The Morgan fingerprint density at radius 3 is 2.58 bits per heavy atom. The third-order valence-corrected chi connectivity index (χ3v) is 2.97. The highest BCUT2D eigenvalue weighted by atomic mass is 16.6. The van der Waals surface area contributed by atoms with Crippen LogP contribution in [0.4, 0.5) is 11.4 Å². The average molecular weight is 256 g/mol. The number of nitro groups is 1. The molecule has 0 aliphatic heterocycles. The van der Waals surface area contributed by atoms with Crippen LogP contribution < -0.4 is 5.32 Å². The van der Waals surface area contributed by atoms with Crippen molar-refractivity contribution in [1.29, 1.82) is 10.5 Å². The molecule has 7 nitrogen and oxygen atoms in total. The molecule has 1 aliphatic carbocycles. The molecular formula is C12H8N4O3. The predicted molar refractivity (Wildman–Crippen MR) is 63.7 cm³/mol. The van der Waals surface area contributed by atoms with Crippen molar-refractivity contribution < 1.29 is 9.72 Å². The van der Waals surface area contributed by atoms with E-state index >= 15 is 0 Å². The molecule has 19 heavy (non-hydrogen) atoms. The maximum Gasteiger partial charge on any atom is 0.294 e. The van der Waals surface area contributed by atoms with Crippen LogP contribution in [0.3, 0.4) is 0 Å². The third kappa shape index (κ3) is 2.22. The summed E-state index contributed by atoms with van der Waals surface area (Å²) in [5.74, 6) is -0.539. The van der Waals surface area contributed by atoms with Gasteiger partial charge in [-0.1, -0.05) is 0 Å². The van der Waals surface area contributed by atoms with Gasteiger partial charge in [0.25, 0.3) is 5.69 Å². The lowest BCUT2D eigenvalue weighted by Gasteiger charge is -2.08. The Bertz CT molecular complexity index is 650. The van der Waals surface area contributed by atoms with Gasteiger partial charge in [0, 0.05) is 6.07 Å². The molecule has 0 radical (unpaired) electrons. The largest absolute Gasteiger partial charge is 0.319 e. The molecule has 1 aromatic rings. The van der Waals surface area contributed by atoms with Crippen LogP contribution in [-0.4, -0.2) is 10.8 Å². The summed E-state index contributed by atoms with van der Waals surface area (Å²) in [5.41, 5.74) is -1.29. The Balaban J connectivity index is 2.31. The van der Waals surface area contributed by atoms with Crippen LogP contribution in [0.25, 0.3) is 0 Å². The van der Waals surface area contributed by atoms with Gasteiger partial charge in [-0.15, -0.1) is 0 Å². The van der Waals surface area contributed by atoms with Crippen LogP contribution in [0.15, 0.2) is 18.2 Å². The number of benzene rings is 1. The van der Waals surface area contributed by atoms with Gasteiger partial charge in [0.1, 0.15) is 11.1 Å². The molecule has 1 fully saturated rings. The lowest BCUT2D eigenvalue weighted by molar-refractivity contribution is -0.384. The molecule has 94 valence electrons. The number of nitrogens with zero attached hydrogens (tertiary/aromatic N) is 3. The smallest absolute Gasteiger partial charge is 0.294 e. The topological polar surface area (TPSA) is 120 Å². The molecule has 0 heterocycles. The van der Waals surface area contributed by atoms with Gasteiger partial charge < -0.3 is 5.32 Å². The monoisotopic (exact) mass is 256 g/mol. The molecular weight excluding hydrogens is 248 g/mol. The Labute approximate surface area is 108 Å². The van der Waals surface area contributed by atoms with Crippen molar-refractivity contribution >= 4 is 17.3 Å². The van der Waals surface area contributed by atoms with Gasteiger partial charge in [-0.25, -0.2) is 0 Å². The molecule has 0 unspecified atom stereocenters. The number of nitriles is 2. The van der Waals surface area contributed by atoms with Crippen LogP contribution in [0, 0.1) is 38.2 Å². The number of amides is 1. The van der Waals surface area contributed by atoms with Gasteiger partial charge in [0.05, 0.1) is 22.6 Å². The van der Waals surface area contributed by atoms with Gasteiger partial charge in [-0.3, -0.25) is 14.9 Å². The summed E-state index contributed by atoms with van der Waals surface area (Å²) in [7, 11) is 0. The number of nitro benzene ring substituents is 1. The Morgan fingerprint density at radius 2 is 2.11 bits per heavy atom. The molecule has 1 amide bonds. The number of hydrogen-bond donors (Lipinski definition) is 1. The SMILES string of the molecule is N#Cc1ccc(NC(=O)C2(C#N)CC2)c([N+](=O)[O-])c1. The fraction of sp³-hybridized carbons (Fsp3) is 0.250. The third-order valence-electron chi connectivity index (χ3n) is 2.97. The molecule has 0 saturated heterocycles. The zero-order chi connectivity index (χ0) is 14.0. The van der Waals surface area contributed by atoms with Gasteiger partial charge in [0.2, 0.25) is 5.91 Å². The highest BCUT2D eigenvalue weighted by Crippen LogP contribution is 2.46. The summed E-state index contributed by atoms with van der Waals surface area (Å²) in [5, 5.41) is 30.8. The lowest BCUT2D eigenvalue weighted by Crippen LogP contribution is -2.23. The number of carbonyl (C=O) groups is 1. The predicted octanol–water partition coefficient (Wildman–Crippen LogP) is 1.71. The van der Waals surface area contributed by atoms with Crippen molar-refractivity contribution in [2.24, 2.45) is 5.41 Å². The van der Waals surface area contributed by atoms with Crippen LogP contribution in [-0.2, 0) is 4.79 Å². The minimum absolute atomic E-state index is 0.00414. The van der Waals surface area contributed by atoms with Crippen LogP contribution in [0.5, 0.6) is 0 Å². The molecule has 2 rings (SSSR count). The maximum absolute atomic E-state index is 11.8. The van der Waals surface area contributed by atoms with E-state index in [1.807, 2.05) is 6.07 Å². The second-order valence-electron chi connectivity index (χ2n) is 4.25. The summed E-state index contributed by atoms with van der Waals surface area (Å²) in [4.78, 5) is 22.0. The van der Waals surface area contributed by atoms with Crippen LogP contribution >= 0.6 is 0 Å². The minimum Gasteiger partial charge on any atom is -0.319 e. The fourth-order valence-corrected chi connectivity index (χ4v) is 1.61. The summed E-state index contributed by atoms with van der Waals surface area (Å²) in [6.45, 7) is 0. The molecule has 1 saturated carbocycles. The standard InChI is InChI=1S/C12H8N4O3/c13-6-8-1-2-9(10(5-8)16(18)19)15-11(17)12(7-14)3-4-12/h1-2,5H,3-4H2,(H,15,17). The van der Waals surface area contributed by atoms with Gasteiger partial charge >= 0.3 is 0 Å². The Hall–Kier alpha value is -2.93. The van der Waals surface area contributed by atoms with E-state index < -0.39 is 16.2 Å². The van der Waals surface area contributed by atoms with E-state index in [0.29, 0.717) is 12.8 Å². The van der Waals surface area contributed by atoms with E-state index in [4.69, 9.17) is 10.5 Å². The summed E-state index contributed by atoms with van der Waals surface area (Å²) in [6, 6.07) is 7.44. The van der Waals surface area contributed by atoms with Crippen molar-refractivity contribution in [3.05, 3.63) is 33.9 Å². The van der Waals surface area contributed by atoms with E-state index in [1.165, 1.54) is 12.1 Å². The molecule has 0 atom stereocenters. The Morgan fingerprint density at radius 1 is 1.42 bits per heavy atom. The summed E-state index contributed by atoms with van der Waals surface area (Å²) in [6.07, 6.45) is 0.915. The number of nitrogens with one attached hydrogen (secondary N) is 1. The number of carbonyl (C=O) groups excluding carboxylic acids is 1. The summed E-state index contributed by atoms with van der Waals surface area (Å²) < 4.78 is 0. The number of rotatable bonds is 3. The zero-order valence-electron chi connectivity index (χ0n) is 9.71. The molecule has 0 aromatic heterocycles. The van der Waals surface area contributed by atoms with Crippen molar-refractivity contribution in [3.8, 4) is 12.1 Å². The number of hydrogen-bond acceptors (Lipinski definition) is 5. The van der Waals surface area contributed by atoms with Crippen LogP contribution in [0.2, 0.25) is 0 Å². The maximum atomic E-state index is 11.8. The van der Waals surface area contributed by atoms with Crippen LogP contribution in [0.1, 0.15) is 18.4 Å². The first kappa shape index (κ1) is 12.5. The second kappa shape index (κ2) is 4.39. The second-order valence-corrected chi connectivity index (χ2v) is 4.25. The van der Waals surface area contributed by atoms with E-state index in [2.05, 4.69) is 5.32 Å².